The number of nitrogens with zero attached hydrogens (tertiary/aromatic N) is 3. The Balaban J connectivity index is 1.66. The maximum atomic E-state index is 12.6. The molecule has 0 saturated heterocycles. The SMILES string of the molecule is CNCc1ccc(C(=N)OC(=N)c2nc(C3CC3C(=O)N(C)CCOC)cnc2C)cc1. The van der Waals surface area contributed by atoms with Gasteiger partial charge in [0.25, 0.3) is 0 Å². The Morgan fingerprint density at radius 1 is 1.25 bits per heavy atom. The van der Waals surface area contributed by atoms with Gasteiger partial charge in [0.2, 0.25) is 17.7 Å². The van der Waals surface area contributed by atoms with Crippen LogP contribution in [0.2, 0.25) is 0 Å². The summed E-state index contributed by atoms with van der Waals surface area (Å²) >= 11 is 0. The average molecular weight is 439 g/mol. The smallest absolute Gasteiger partial charge is 0.241 e. The van der Waals surface area contributed by atoms with E-state index in [2.05, 4.69) is 15.3 Å². The molecule has 0 bridgehead atoms. The van der Waals surface area contributed by atoms with Crippen LogP contribution in [-0.2, 0) is 20.8 Å². The third-order valence-corrected chi connectivity index (χ3v) is 5.48. The molecule has 170 valence electrons. The van der Waals surface area contributed by atoms with Gasteiger partial charge < -0.3 is 19.7 Å². The standard InChI is InChI=1S/C23H30N6O3/c1-14-20(22(25)32-21(24)16-7-5-15(6-8-16)12-26-2)28-19(13-27-14)17-11-18(17)23(30)29(3)9-10-31-4/h5-8,13,17-18,24-26H,9-12H2,1-4H3. The van der Waals surface area contributed by atoms with E-state index in [0.717, 1.165) is 12.1 Å². The van der Waals surface area contributed by atoms with Gasteiger partial charge in [0.15, 0.2) is 0 Å². The number of amides is 1. The fraction of sp³-hybridized carbons (Fsp3) is 0.435. The van der Waals surface area contributed by atoms with Crippen LogP contribution < -0.4 is 5.32 Å². The molecule has 1 fully saturated rings. The number of hydrogen-bond acceptors (Lipinski definition) is 8. The number of carbonyl (C=O) groups is 1. The van der Waals surface area contributed by atoms with Gasteiger partial charge in [-0.05, 0) is 38.1 Å². The van der Waals surface area contributed by atoms with E-state index < -0.39 is 0 Å². The highest BCUT2D eigenvalue weighted by Crippen LogP contribution is 2.47. The van der Waals surface area contributed by atoms with Crippen molar-refractivity contribution in [1.29, 1.82) is 10.8 Å². The fourth-order valence-electron chi connectivity index (χ4n) is 3.46. The van der Waals surface area contributed by atoms with Crippen LogP contribution in [0.15, 0.2) is 30.5 Å². The number of nitrogens with one attached hydrogen (secondary N) is 3. The zero-order chi connectivity index (χ0) is 23.3. The summed E-state index contributed by atoms with van der Waals surface area (Å²) < 4.78 is 10.5. The summed E-state index contributed by atoms with van der Waals surface area (Å²) in [6.45, 7) is 3.51. The van der Waals surface area contributed by atoms with Crippen molar-refractivity contribution in [2.75, 3.05) is 34.4 Å². The van der Waals surface area contributed by atoms with Crippen molar-refractivity contribution in [1.82, 2.24) is 20.2 Å². The van der Waals surface area contributed by atoms with Gasteiger partial charge in [0.1, 0.15) is 5.69 Å². The third kappa shape index (κ3) is 5.54. The molecule has 0 radical (unpaired) electrons. The summed E-state index contributed by atoms with van der Waals surface area (Å²) in [5.74, 6) is -0.456. The van der Waals surface area contributed by atoms with E-state index in [4.69, 9.17) is 20.3 Å². The van der Waals surface area contributed by atoms with Crippen LogP contribution in [0.5, 0.6) is 0 Å². The second-order valence-electron chi connectivity index (χ2n) is 7.92. The fourth-order valence-corrected chi connectivity index (χ4v) is 3.46. The van der Waals surface area contributed by atoms with Crippen molar-refractivity contribution in [3.05, 3.63) is 58.7 Å². The van der Waals surface area contributed by atoms with Crippen LogP contribution in [0.3, 0.4) is 0 Å². The van der Waals surface area contributed by atoms with Gasteiger partial charge in [-0.15, -0.1) is 0 Å². The minimum absolute atomic E-state index is 0.0219. The molecule has 1 saturated carbocycles. The molecule has 0 aliphatic heterocycles. The Bertz CT molecular complexity index is 992. The van der Waals surface area contributed by atoms with Crippen molar-refractivity contribution in [3.8, 4) is 0 Å². The number of aryl methyl sites for hydroxylation is 1. The van der Waals surface area contributed by atoms with Crippen LogP contribution in [0, 0.1) is 23.7 Å². The second-order valence-corrected chi connectivity index (χ2v) is 7.92. The van der Waals surface area contributed by atoms with Gasteiger partial charge in [0, 0.05) is 50.8 Å². The first-order chi connectivity index (χ1) is 15.3. The van der Waals surface area contributed by atoms with Crippen molar-refractivity contribution in [2.45, 2.75) is 25.8 Å². The first-order valence-electron chi connectivity index (χ1n) is 10.5. The molecule has 1 aliphatic carbocycles. The van der Waals surface area contributed by atoms with Crippen LogP contribution in [-0.4, -0.2) is 66.9 Å². The minimum atomic E-state index is -0.234. The van der Waals surface area contributed by atoms with E-state index in [1.54, 1.807) is 44.3 Å². The molecule has 0 spiro atoms. The Morgan fingerprint density at radius 2 is 1.97 bits per heavy atom. The molecule has 1 amide bonds. The average Bonchev–Trinajstić information content (AvgIpc) is 3.58. The summed E-state index contributed by atoms with van der Waals surface area (Å²) in [6, 6.07) is 7.40. The summed E-state index contributed by atoms with van der Waals surface area (Å²) in [4.78, 5) is 23.2. The van der Waals surface area contributed by atoms with Gasteiger partial charge in [-0.2, -0.15) is 0 Å². The van der Waals surface area contributed by atoms with Crippen molar-refractivity contribution in [2.24, 2.45) is 5.92 Å². The van der Waals surface area contributed by atoms with Crippen LogP contribution in [0.25, 0.3) is 0 Å². The predicted octanol–water partition coefficient (Wildman–Crippen LogP) is 2.08. The molecule has 1 aromatic carbocycles. The quantitative estimate of drug-likeness (QED) is 0.407. The monoisotopic (exact) mass is 438 g/mol. The van der Waals surface area contributed by atoms with E-state index in [0.29, 0.717) is 36.5 Å². The number of ether oxygens (including phenoxy) is 2. The molecule has 1 aromatic heterocycles. The van der Waals surface area contributed by atoms with Gasteiger partial charge in [-0.25, -0.2) is 4.98 Å². The highest BCUT2D eigenvalue weighted by molar-refractivity contribution is 6.04. The Labute approximate surface area is 188 Å². The van der Waals surface area contributed by atoms with E-state index >= 15 is 0 Å². The van der Waals surface area contributed by atoms with Gasteiger partial charge in [-0.1, -0.05) is 12.1 Å². The predicted molar refractivity (Wildman–Crippen MR) is 121 cm³/mol. The lowest BCUT2D eigenvalue weighted by Crippen LogP contribution is -2.31. The normalized spacial score (nSPS) is 17.0. The van der Waals surface area contributed by atoms with Crippen molar-refractivity contribution >= 4 is 17.7 Å². The lowest BCUT2D eigenvalue weighted by Gasteiger charge is -2.16. The first-order valence-corrected chi connectivity index (χ1v) is 10.5. The van der Waals surface area contributed by atoms with E-state index in [1.807, 2.05) is 19.2 Å². The summed E-state index contributed by atoms with van der Waals surface area (Å²) in [5.41, 5.74) is 3.15. The number of benzene rings is 1. The molecule has 1 aliphatic rings. The van der Waals surface area contributed by atoms with Gasteiger partial charge in [-0.3, -0.25) is 20.6 Å². The largest absolute Gasteiger partial charge is 0.419 e. The van der Waals surface area contributed by atoms with Gasteiger partial charge >= 0.3 is 0 Å². The van der Waals surface area contributed by atoms with Crippen LogP contribution >= 0.6 is 0 Å². The van der Waals surface area contributed by atoms with E-state index in [1.165, 1.54) is 0 Å². The number of carbonyl (C=O) groups excluding carboxylic acids is 1. The molecule has 9 heteroatoms. The third-order valence-electron chi connectivity index (χ3n) is 5.48. The van der Waals surface area contributed by atoms with Crippen LogP contribution in [0.1, 0.15) is 40.5 Å². The molecular weight excluding hydrogens is 408 g/mol. The Kier molecular flexibility index (Phi) is 7.66. The first kappa shape index (κ1) is 23.5. The molecule has 3 rings (SSSR count). The number of methoxy groups -OCH3 is 1. The van der Waals surface area contributed by atoms with E-state index in [9.17, 15) is 4.79 Å². The Hall–Kier alpha value is -3.17. The molecule has 1 heterocycles. The summed E-state index contributed by atoms with van der Waals surface area (Å²) in [5, 5.41) is 19.6. The Morgan fingerprint density at radius 3 is 2.62 bits per heavy atom. The molecule has 2 atom stereocenters. The second kappa shape index (κ2) is 10.4. The zero-order valence-electron chi connectivity index (χ0n) is 18.9. The summed E-state index contributed by atoms with van der Waals surface area (Å²) in [6.07, 6.45) is 2.36. The lowest BCUT2D eigenvalue weighted by atomic mass is 10.1. The molecular formula is C23H30N6O3. The van der Waals surface area contributed by atoms with Gasteiger partial charge in [0.05, 0.1) is 18.0 Å². The maximum absolute atomic E-state index is 12.6. The zero-order valence-corrected chi connectivity index (χ0v) is 18.9. The number of likely N-dealkylation sites (N-methyl/N-ethyl adjacent to an activating group) is 1. The molecule has 2 aromatic rings. The molecule has 9 nitrogen and oxygen atoms in total. The molecule has 3 N–H and O–H groups in total. The molecule has 2 unspecified atom stereocenters. The highest BCUT2D eigenvalue weighted by atomic mass is 16.5. The van der Waals surface area contributed by atoms with E-state index in [-0.39, 0.29) is 35.2 Å². The number of aromatic nitrogens is 2. The topological polar surface area (TPSA) is 124 Å². The molecule has 32 heavy (non-hydrogen) atoms. The summed E-state index contributed by atoms with van der Waals surface area (Å²) in [7, 11) is 5.25. The van der Waals surface area contributed by atoms with Crippen molar-refractivity contribution < 1.29 is 14.3 Å². The number of rotatable bonds is 9. The van der Waals surface area contributed by atoms with Crippen molar-refractivity contribution in [3.63, 3.8) is 0 Å². The maximum Gasteiger partial charge on any atom is 0.241 e. The number of hydrogen-bond donors (Lipinski definition) is 3. The minimum Gasteiger partial charge on any atom is -0.419 e. The lowest BCUT2D eigenvalue weighted by molar-refractivity contribution is -0.131. The van der Waals surface area contributed by atoms with Crippen LogP contribution in [0.4, 0.5) is 0 Å². The highest BCUT2D eigenvalue weighted by Gasteiger charge is 2.46.